The zero-order valence-electron chi connectivity index (χ0n) is 20.9. The Morgan fingerprint density at radius 3 is 2.08 bits per heavy atom. The number of carbonyl (C=O) groups excluding carboxylic acids is 2. The van der Waals surface area contributed by atoms with Crippen LogP contribution in [0.1, 0.15) is 26.3 Å². The molecule has 1 aromatic heterocycles. The number of hydrogen-bond donors (Lipinski definition) is 2. The van der Waals surface area contributed by atoms with Crippen molar-refractivity contribution in [2.45, 2.75) is 6.54 Å². The first kappa shape index (κ1) is 26.2. The maximum atomic E-state index is 13.0. The zero-order valence-corrected chi connectivity index (χ0v) is 22.4. The molecule has 0 saturated carbocycles. The van der Waals surface area contributed by atoms with Crippen LogP contribution in [-0.2, 0) is 6.54 Å². The number of aromatic nitrogens is 2. The molecular formula is C30H23Cl2N5O2. The van der Waals surface area contributed by atoms with Gasteiger partial charge in [0.05, 0.1) is 16.2 Å². The van der Waals surface area contributed by atoms with E-state index in [0.29, 0.717) is 38.6 Å². The summed E-state index contributed by atoms with van der Waals surface area (Å²) in [7, 11) is 1.92. The monoisotopic (exact) mass is 555 g/mol. The molecule has 7 nitrogen and oxygen atoms in total. The van der Waals surface area contributed by atoms with E-state index in [1.54, 1.807) is 66.7 Å². The Balaban J connectivity index is 1.50. The fraction of sp³-hybridized carbons (Fsp3) is 0.0667. The van der Waals surface area contributed by atoms with E-state index in [0.717, 1.165) is 11.3 Å². The maximum absolute atomic E-state index is 13.0. The molecule has 0 saturated heterocycles. The highest BCUT2D eigenvalue weighted by molar-refractivity contribution is 6.35. The van der Waals surface area contributed by atoms with Crippen molar-refractivity contribution < 1.29 is 9.59 Å². The summed E-state index contributed by atoms with van der Waals surface area (Å²) in [4.78, 5) is 36.8. The van der Waals surface area contributed by atoms with E-state index in [4.69, 9.17) is 23.2 Å². The molecule has 39 heavy (non-hydrogen) atoms. The highest BCUT2D eigenvalue weighted by atomic mass is 35.5. The lowest BCUT2D eigenvalue weighted by atomic mass is 10.1. The lowest BCUT2D eigenvalue weighted by Gasteiger charge is -2.21. The second kappa shape index (κ2) is 11.5. The van der Waals surface area contributed by atoms with E-state index in [1.165, 1.54) is 0 Å². The van der Waals surface area contributed by atoms with Gasteiger partial charge in [0.2, 0.25) is 5.95 Å². The van der Waals surface area contributed by atoms with Crippen LogP contribution >= 0.6 is 23.2 Å². The molecule has 2 N–H and O–H groups in total. The van der Waals surface area contributed by atoms with Crippen LogP contribution in [0.3, 0.4) is 0 Å². The molecule has 0 fully saturated rings. The quantitative estimate of drug-likeness (QED) is 0.224. The lowest BCUT2D eigenvalue weighted by Crippen LogP contribution is -2.18. The van der Waals surface area contributed by atoms with E-state index >= 15 is 0 Å². The number of fused-ring (bicyclic) bond motifs is 1. The Morgan fingerprint density at radius 2 is 1.41 bits per heavy atom. The zero-order chi connectivity index (χ0) is 27.4. The van der Waals surface area contributed by atoms with E-state index in [9.17, 15) is 9.59 Å². The summed E-state index contributed by atoms with van der Waals surface area (Å²) in [5.74, 6) is -0.325. The van der Waals surface area contributed by atoms with Crippen molar-refractivity contribution >= 4 is 63.4 Å². The molecule has 5 aromatic rings. The molecule has 1 heterocycles. The fourth-order valence-electron chi connectivity index (χ4n) is 4.09. The molecule has 0 radical (unpaired) electrons. The van der Waals surface area contributed by atoms with Crippen molar-refractivity contribution in [3.05, 3.63) is 124 Å². The predicted octanol–water partition coefficient (Wildman–Crippen LogP) is 7.08. The molecule has 0 atom stereocenters. The number of nitrogens with zero attached hydrogens (tertiary/aromatic N) is 3. The van der Waals surface area contributed by atoms with Gasteiger partial charge in [0.1, 0.15) is 5.82 Å². The first-order valence-corrected chi connectivity index (χ1v) is 12.8. The third kappa shape index (κ3) is 6.17. The third-order valence-corrected chi connectivity index (χ3v) is 6.58. The summed E-state index contributed by atoms with van der Waals surface area (Å²) in [5.41, 5.74) is 3.22. The molecule has 5 rings (SSSR count). The van der Waals surface area contributed by atoms with Gasteiger partial charge < -0.3 is 10.2 Å². The number of anilines is 3. The number of amides is 2. The summed E-state index contributed by atoms with van der Waals surface area (Å²) >= 11 is 12.6. The van der Waals surface area contributed by atoms with E-state index in [1.807, 2.05) is 42.3 Å². The van der Waals surface area contributed by atoms with Crippen molar-refractivity contribution in [3.8, 4) is 0 Å². The van der Waals surface area contributed by atoms with Crippen molar-refractivity contribution in [1.29, 1.82) is 0 Å². The van der Waals surface area contributed by atoms with Gasteiger partial charge >= 0.3 is 0 Å². The van der Waals surface area contributed by atoms with E-state index < -0.39 is 0 Å². The molecule has 2 amide bonds. The molecular weight excluding hydrogens is 533 g/mol. The molecule has 0 aliphatic carbocycles. The van der Waals surface area contributed by atoms with Crippen LogP contribution < -0.4 is 15.5 Å². The fourth-order valence-corrected chi connectivity index (χ4v) is 4.52. The highest BCUT2D eigenvalue weighted by Crippen LogP contribution is 2.30. The number of rotatable bonds is 7. The minimum Gasteiger partial charge on any atom is -0.369 e. The summed E-state index contributed by atoms with van der Waals surface area (Å²) < 4.78 is 0. The first-order chi connectivity index (χ1) is 18.9. The van der Waals surface area contributed by atoms with Gasteiger partial charge in [0.25, 0.3) is 11.8 Å². The minimum atomic E-state index is -0.355. The number of halogens is 2. The third-order valence-electron chi connectivity index (χ3n) is 6.03. The number of carbonyl (C=O) groups is 2. The van der Waals surface area contributed by atoms with E-state index in [-0.39, 0.29) is 23.6 Å². The maximum Gasteiger partial charge on any atom is 0.258 e. The van der Waals surface area contributed by atoms with E-state index in [2.05, 4.69) is 20.6 Å². The van der Waals surface area contributed by atoms with Crippen molar-refractivity contribution in [1.82, 2.24) is 9.97 Å². The van der Waals surface area contributed by atoms with Crippen LogP contribution in [0.2, 0.25) is 10.0 Å². The second-order valence-electron chi connectivity index (χ2n) is 8.84. The summed E-state index contributed by atoms with van der Waals surface area (Å²) in [6.45, 7) is 0.509. The van der Waals surface area contributed by atoms with Crippen LogP contribution in [0, 0.1) is 0 Å². The molecule has 194 valence electrons. The average Bonchev–Trinajstić information content (AvgIpc) is 2.95. The molecule has 0 aliphatic rings. The standard InChI is InChI=1S/C30H23Cl2N5O2/c1-37(26-17-22(31)13-14-24(26)32)18-19-12-15-25-23(16-19)27(34-28(38)20-8-4-2-5-9-20)35-30(33-25)36-29(39)21-10-6-3-7-11-21/h2-17H,18H2,1H3,(H2,33,34,35,36,38,39). The Morgan fingerprint density at radius 1 is 0.769 bits per heavy atom. The van der Waals surface area contributed by atoms with Gasteiger partial charge in [-0.15, -0.1) is 0 Å². The van der Waals surface area contributed by atoms with Gasteiger partial charge in [-0.2, -0.15) is 4.98 Å². The van der Waals surface area contributed by atoms with Crippen LogP contribution in [0.4, 0.5) is 17.5 Å². The molecule has 4 aromatic carbocycles. The van der Waals surface area contributed by atoms with Gasteiger partial charge in [0.15, 0.2) is 0 Å². The summed E-state index contributed by atoms with van der Waals surface area (Å²) in [6, 6.07) is 28.6. The van der Waals surface area contributed by atoms with Gasteiger partial charge in [-0.25, -0.2) is 4.98 Å². The largest absolute Gasteiger partial charge is 0.369 e. The van der Waals surface area contributed by atoms with Crippen LogP contribution in [0.15, 0.2) is 97.1 Å². The molecule has 9 heteroatoms. The molecule has 0 aliphatic heterocycles. The van der Waals surface area contributed by atoms with Crippen LogP contribution in [0.25, 0.3) is 10.9 Å². The molecule has 0 unspecified atom stereocenters. The summed E-state index contributed by atoms with van der Waals surface area (Å²) in [6.07, 6.45) is 0. The lowest BCUT2D eigenvalue weighted by molar-refractivity contribution is 0.101. The van der Waals surface area contributed by atoms with Gasteiger partial charge in [0, 0.05) is 35.1 Å². The Bertz CT molecular complexity index is 1660. The Kier molecular flexibility index (Phi) is 7.72. The first-order valence-electron chi connectivity index (χ1n) is 12.1. The van der Waals surface area contributed by atoms with Gasteiger partial charge in [-0.05, 0) is 60.2 Å². The second-order valence-corrected chi connectivity index (χ2v) is 9.68. The topological polar surface area (TPSA) is 87.2 Å². The number of benzene rings is 4. The molecule has 0 bridgehead atoms. The number of nitrogens with one attached hydrogen (secondary N) is 2. The normalized spacial score (nSPS) is 10.7. The Hall–Kier alpha value is -4.46. The minimum absolute atomic E-state index is 0.0790. The van der Waals surface area contributed by atoms with Crippen molar-refractivity contribution in [2.24, 2.45) is 0 Å². The number of hydrogen-bond acceptors (Lipinski definition) is 5. The predicted molar refractivity (Wildman–Crippen MR) is 157 cm³/mol. The smallest absolute Gasteiger partial charge is 0.258 e. The SMILES string of the molecule is CN(Cc1ccc2nc(NC(=O)c3ccccc3)nc(NC(=O)c3ccccc3)c2c1)c1cc(Cl)ccc1Cl. The molecule has 0 spiro atoms. The Labute approximate surface area is 235 Å². The van der Waals surface area contributed by atoms with Crippen LogP contribution in [-0.4, -0.2) is 28.8 Å². The van der Waals surface area contributed by atoms with Crippen molar-refractivity contribution in [2.75, 3.05) is 22.6 Å². The summed E-state index contributed by atoms with van der Waals surface area (Å²) in [5, 5.41) is 7.42. The highest BCUT2D eigenvalue weighted by Gasteiger charge is 2.16. The average molecular weight is 556 g/mol. The van der Waals surface area contributed by atoms with Crippen molar-refractivity contribution in [3.63, 3.8) is 0 Å². The van der Waals surface area contributed by atoms with Gasteiger partial charge in [-0.1, -0.05) is 65.7 Å². The van der Waals surface area contributed by atoms with Gasteiger partial charge in [-0.3, -0.25) is 14.9 Å². The van der Waals surface area contributed by atoms with Crippen LogP contribution in [0.5, 0.6) is 0 Å².